The van der Waals surface area contributed by atoms with Crippen LogP contribution in [0.5, 0.6) is 0 Å². The van der Waals surface area contributed by atoms with Gasteiger partial charge in [0.25, 0.3) is 0 Å². The van der Waals surface area contributed by atoms with Crippen LogP contribution in [0.4, 0.5) is 4.39 Å². The predicted octanol–water partition coefficient (Wildman–Crippen LogP) is 3.65. The van der Waals surface area contributed by atoms with E-state index in [1.807, 2.05) is 12.1 Å². The third-order valence-electron chi connectivity index (χ3n) is 4.27. The standard InChI is InChI=1S/C20H20ClFN2O3/c1-26-13-20(25)24(11-15-4-2-3-5-18(15)22)12-17-10-19(23-27-17)14-6-8-16(21)9-7-14/h2-9,17H,10-13H2,1H3. The van der Waals surface area contributed by atoms with Gasteiger partial charge in [-0.05, 0) is 23.8 Å². The van der Waals surface area contributed by atoms with E-state index in [1.165, 1.54) is 18.1 Å². The molecule has 1 heterocycles. The summed E-state index contributed by atoms with van der Waals surface area (Å²) in [5, 5.41) is 4.78. The highest BCUT2D eigenvalue weighted by Gasteiger charge is 2.27. The van der Waals surface area contributed by atoms with Gasteiger partial charge in [0.05, 0.1) is 12.3 Å². The van der Waals surface area contributed by atoms with E-state index in [2.05, 4.69) is 5.16 Å². The first kappa shape index (κ1) is 19.3. The highest BCUT2D eigenvalue weighted by atomic mass is 35.5. The van der Waals surface area contributed by atoms with Crippen LogP contribution in [-0.2, 0) is 20.9 Å². The van der Waals surface area contributed by atoms with Gasteiger partial charge in [0.2, 0.25) is 5.91 Å². The van der Waals surface area contributed by atoms with Crippen molar-refractivity contribution in [3.05, 3.63) is 70.5 Å². The number of carbonyl (C=O) groups is 1. The largest absolute Gasteiger partial charge is 0.390 e. The number of benzene rings is 2. The Morgan fingerprint density at radius 3 is 2.74 bits per heavy atom. The number of hydrogen-bond donors (Lipinski definition) is 0. The highest BCUT2D eigenvalue weighted by Crippen LogP contribution is 2.20. The monoisotopic (exact) mass is 390 g/mol. The molecule has 0 bridgehead atoms. The van der Waals surface area contributed by atoms with Gasteiger partial charge in [-0.2, -0.15) is 0 Å². The number of hydrogen-bond acceptors (Lipinski definition) is 4. The first-order chi connectivity index (χ1) is 13.1. The molecule has 1 aliphatic heterocycles. The van der Waals surface area contributed by atoms with Crippen LogP contribution in [0, 0.1) is 5.82 Å². The number of methoxy groups -OCH3 is 1. The third-order valence-corrected chi connectivity index (χ3v) is 4.53. The molecule has 3 rings (SSSR count). The van der Waals surface area contributed by atoms with E-state index in [-0.39, 0.29) is 37.5 Å². The van der Waals surface area contributed by atoms with Gasteiger partial charge >= 0.3 is 0 Å². The second kappa shape index (κ2) is 8.97. The number of rotatable bonds is 7. The second-order valence-electron chi connectivity index (χ2n) is 6.28. The summed E-state index contributed by atoms with van der Waals surface area (Å²) in [4.78, 5) is 19.4. The van der Waals surface area contributed by atoms with Crippen LogP contribution < -0.4 is 0 Å². The van der Waals surface area contributed by atoms with Crippen molar-refractivity contribution < 1.29 is 18.8 Å². The Labute approximate surface area is 162 Å². The lowest BCUT2D eigenvalue weighted by Gasteiger charge is -2.25. The first-order valence-electron chi connectivity index (χ1n) is 8.55. The molecule has 1 atom stereocenters. The zero-order valence-electron chi connectivity index (χ0n) is 14.9. The molecule has 2 aromatic carbocycles. The van der Waals surface area contributed by atoms with Gasteiger partial charge in [-0.15, -0.1) is 0 Å². The van der Waals surface area contributed by atoms with Crippen molar-refractivity contribution in [2.24, 2.45) is 5.16 Å². The molecular formula is C20H20ClFN2O3. The number of halogens is 2. The molecule has 0 fully saturated rings. The van der Waals surface area contributed by atoms with Crippen LogP contribution in [0.3, 0.4) is 0 Å². The maximum Gasteiger partial charge on any atom is 0.248 e. The van der Waals surface area contributed by atoms with Crippen LogP contribution in [-0.4, -0.2) is 42.9 Å². The molecule has 1 unspecified atom stereocenters. The molecule has 0 spiro atoms. The molecule has 142 valence electrons. The average molecular weight is 391 g/mol. The molecule has 0 saturated heterocycles. The number of nitrogens with zero attached hydrogens (tertiary/aromatic N) is 2. The van der Waals surface area contributed by atoms with Crippen LogP contribution in [0.15, 0.2) is 53.7 Å². The molecule has 27 heavy (non-hydrogen) atoms. The molecule has 5 nitrogen and oxygen atoms in total. The molecule has 1 amide bonds. The maximum absolute atomic E-state index is 14.0. The molecule has 1 aliphatic rings. The summed E-state index contributed by atoms with van der Waals surface area (Å²) in [7, 11) is 1.45. The second-order valence-corrected chi connectivity index (χ2v) is 6.71. The number of carbonyl (C=O) groups excluding carboxylic acids is 1. The molecular weight excluding hydrogens is 371 g/mol. The summed E-state index contributed by atoms with van der Waals surface area (Å²) in [5.74, 6) is -0.581. The molecule has 0 aromatic heterocycles. The zero-order valence-corrected chi connectivity index (χ0v) is 15.7. The first-order valence-corrected chi connectivity index (χ1v) is 8.93. The lowest BCUT2D eigenvalue weighted by Crippen LogP contribution is -2.39. The van der Waals surface area contributed by atoms with Gasteiger partial charge in [-0.3, -0.25) is 4.79 Å². The van der Waals surface area contributed by atoms with Gasteiger partial charge in [-0.1, -0.05) is 47.1 Å². The minimum absolute atomic E-state index is 0.0773. The van der Waals surface area contributed by atoms with Crippen molar-refractivity contribution in [1.29, 1.82) is 0 Å². The Hall–Kier alpha value is -2.44. The predicted molar refractivity (Wildman–Crippen MR) is 101 cm³/mol. The van der Waals surface area contributed by atoms with Crippen LogP contribution in [0.25, 0.3) is 0 Å². The maximum atomic E-state index is 14.0. The Morgan fingerprint density at radius 2 is 2.04 bits per heavy atom. The summed E-state index contributed by atoms with van der Waals surface area (Å²) in [6.45, 7) is 0.355. The van der Waals surface area contributed by atoms with E-state index >= 15 is 0 Å². The smallest absolute Gasteiger partial charge is 0.248 e. The summed E-state index contributed by atoms with van der Waals surface area (Å²) >= 11 is 5.91. The fourth-order valence-corrected chi connectivity index (χ4v) is 3.01. The molecule has 0 aliphatic carbocycles. The van der Waals surface area contributed by atoms with Crippen molar-refractivity contribution in [2.45, 2.75) is 19.1 Å². The Bertz CT molecular complexity index is 826. The van der Waals surface area contributed by atoms with Crippen molar-refractivity contribution in [2.75, 3.05) is 20.3 Å². The van der Waals surface area contributed by atoms with Crippen LogP contribution in [0.1, 0.15) is 17.5 Å². The van der Waals surface area contributed by atoms with Gasteiger partial charge in [0.1, 0.15) is 12.4 Å². The summed E-state index contributed by atoms with van der Waals surface area (Å²) in [6, 6.07) is 13.7. The minimum atomic E-state index is -0.349. The van der Waals surface area contributed by atoms with E-state index in [0.717, 1.165) is 11.3 Å². The SMILES string of the molecule is COCC(=O)N(Cc1ccccc1F)CC1CC(c2ccc(Cl)cc2)=NO1. The molecule has 0 radical (unpaired) electrons. The summed E-state index contributed by atoms with van der Waals surface area (Å²) < 4.78 is 18.9. The minimum Gasteiger partial charge on any atom is -0.390 e. The molecule has 0 saturated carbocycles. The lowest BCUT2D eigenvalue weighted by atomic mass is 10.0. The quantitative estimate of drug-likeness (QED) is 0.725. The van der Waals surface area contributed by atoms with Gasteiger partial charge < -0.3 is 14.5 Å². The van der Waals surface area contributed by atoms with Crippen LogP contribution >= 0.6 is 11.6 Å². The van der Waals surface area contributed by atoms with Gasteiger partial charge in [0.15, 0.2) is 6.10 Å². The molecule has 0 N–H and O–H groups in total. The summed E-state index contributed by atoms with van der Waals surface area (Å²) in [5.41, 5.74) is 2.16. The normalized spacial score (nSPS) is 16.0. The van der Waals surface area contributed by atoms with E-state index in [9.17, 15) is 9.18 Å². The van der Waals surface area contributed by atoms with E-state index in [4.69, 9.17) is 21.2 Å². The Kier molecular flexibility index (Phi) is 6.42. The third kappa shape index (κ3) is 5.05. The van der Waals surface area contributed by atoms with Crippen LogP contribution in [0.2, 0.25) is 5.02 Å². The molecule has 7 heteroatoms. The van der Waals surface area contributed by atoms with E-state index in [1.54, 1.807) is 30.3 Å². The van der Waals surface area contributed by atoms with Crippen molar-refractivity contribution in [3.8, 4) is 0 Å². The number of ether oxygens (including phenoxy) is 1. The molecule has 2 aromatic rings. The Morgan fingerprint density at radius 1 is 1.30 bits per heavy atom. The fourth-order valence-electron chi connectivity index (χ4n) is 2.89. The lowest BCUT2D eigenvalue weighted by molar-refractivity contribution is -0.137. The summed E-state index contributed by atoms with van der Waals surface area (Å²) in [6.07, 6.45) is 0.249. The van der Waals surface area contributed by atoms with Gasteiger partial charge in [-0.25, -0.2) is 4.39 Å². The fraction of sp³-hybridized carbons (Fsp3) is 0.300. The van der Waals surface area contributed by atoms with E-state index < -0.39 is 0 Å². The highest BCUT2D eigenvalue weighted by molar-refractivity contribution is 6.30. The topological polar surface area (TPSA) is 51.1 Å². The van der Waals surface area contributed by atoms with Crippen molar-refractivity contribution in [1.82, 2.24) is 4.90 Å². The van der Waals surface area contributed by atoms with Gasteiger partial charge in [0, 0.05) is 30.7 Å². The van der Waals surface area contributed by atoms with Crippen molar-refractivity contribution in [3.63, 3.8) is 0 Å². The Balaban J connectivity index is 1.67. The number of oxime groups is 1. The van der Waals surface area contributed by atoms with E-state index in [0.29, 0.717) is 17.0 Å². The number of amides is 1. The van der Waals surface area contributed by atoms with Crippen molar-refractivity contribution >= 4 is 23.2 Å². The zero-order chi connectivity index (χ0) is 19.2. The average Bonchev–Trinajstić information content (AvgIpc) is 3.12.